The number of hydrogen-bond acceptors (Lipinski definition) is 4. The fourth-order valence-corrected chi connectivity index (χ4v) is 7.81. The second-order valence-electron chi connectivity index (χ2n) is 11.7. The van der Waals surface area contributed by atoms with E-state index in [-0.39, 0.29) is 27.9 Å². The molecule has 4 rings (SSSR count). The number of hydrogen-bond donors (Lipinski definition) is 0. The average Bonchev–Trinajstić information content (AvgIpc) is 3.33. The summed E-state index contributed by atoms with van der Waals surface area (Å²) in [6, 6.07) is 19.7. The van der Waals surface area contributed by atoms with E-state index in [0.717, 1.165) is 5.56 Å². The van der Waals surface area contributed by atoms with E-state index in [0.29, 0.717) is 28.1 Å². The molecule has 0 saturated heterocycles. The number of carbonyl (C=O) groups is 2. The van der Waals surface area contributed by atoms with Gasteiger partial charge < -0.3 is 0 Å². The molecule has 1 aliphatic heterocycles. The van der Waals surface area contributed by atoms with Gasteiger partial charge in [0, 0.05) is 24.0 Å². The van der Waals surface area contributed by atoms with Crippen LogP contribution in [0.5, 0.6) is 0 Å². The van der Waals surface area contributed by atoms with Crippen LogP contribution >= 0.6 is 23.2 Å². The molecule has 0 bridgehead atoms. The van der Waals surface area contributed by atoms with Gasteiger partial charge in [-0.2, -0.15) is 4.31 Å². The first-order valence-corrected chi connectivity index (χ1v) is 15.7. The van der Waals surface area contributed by atoms with Gasteiger partial charge in [-0.15, -0.1) is 0 Å². The molecule has 216 valence electrons. The van der Waals surface area contributed by atoms with Crippen molar-refractivity contribution in [3.8, 4) is 0 Å². The molecule has 0 amide bonds. The van der Waals surface area contributed by atoms with E-state index in [1.807, 2.05) is 51.1 Å². The fraction of sp³-hybridized carbons (Fsp3) is 0.333. The van der Waals surface area contributed by atoms with Gasteiger partial charge in [0.2, 0.25) is 10.0 Å². The molecular weight excluding hydrogens is 577 g/mol. The molecule has 3 aromatic rings. The van der Waals surface area contributed by atoms with Crippen LogP contribution in [0.25, 0.3) is 0 Å². The first kappa shape index (κ1) is 31.2. The highest BCUT2D eigenvalue weighted by Crippen LogP contribution is 2.47. The number of ketones is 2. The van der Waals surface area contributed by atoms with Crippen molar-refractivity contribution in [1.29, 1.82) is 0 Å². The van der Waals surface area contributed by atoms with Crippen LogP contribution in [0, 0.1) is 18.3 Å². The maximum atomic E-state index is 14.5. The number of nitrogens with zero attached hydrogens (tertiary/aromatic N) is 1. The summed E-state index contributed by atoms with van der Waals surface area (Å²) in [5, 5.41) is 0.583. The Morgan fingerprint density at radius 3 is 2.15 bits per heavy atom. The van der Waals surface area contributed by atoms with Crippen molar-refractivity contribution in [3.05, 3.63) is 111 Å². The van der Waals surface area contributed by atoms with E-state index in [2.05, 4.69) is 0 Å². The Hall–Kier alpha value is -2.77. The molecule has 3 aromatic carbocycles. The second kappa shape index (κ2) is 12.2. The molecule has 0 aromatic heterocycles. The average molecular weight is 613 g/mol. The zero-order valence-corrected chi connectivity index (χ0v) is 26.2. The van der Waals surface area contributed by atoms with Gasteiger partial charge in [-0.1, -0.05) is 105 Å². The molecule has 0 radical (unpaired) electrons. The molecule has 5 nitrogen and oxygen atoms in total. The maximum Gasteiger partial charge on any atom is 0.244 e. The summed E-state index contributed by atoms with van der Waals surface area (Å²) in [6.07, 6.45) is 2.15. The number of rotatable bonds is 9. The van der Waals surface area contributed by atoms with Crippen molar-refractivity contribution in [2.24, 2.45) is 11.3 Å². The van der Waals surface area contributed by atoms with Gasteiger partial charge >= 0.3 is 0 Å². The molecule has 0 aliphatic carbocycles. The van der Waals surface area contributed by atoms with Crippen LogP contribution < -0.4 is 0 Å². The Labute approximate surface area is 253 Å². The molecule has 0 fully saturated rings. The number of benzene rings is 3. The van der Waals surface area contributed by atoms with Crippen LogP contribution in [-0.2, 0) is 26.0 Å². The van der Waals surface area contributed by atoms with Crippen molar-refractivity contribution in [1.82, 2.24) is 4.31 Å². The van der Waals surface area contributed by atoms with Crippen molar-refractivity contribution in [3.63, 3.8) is 0 Å². The smallest absolute Gasteiger partial charge is 0.244 e. The largest absolute Gasteiger partial charge is 0.300 e. The van der Waals surface area contributed by atoms with Gasteiger partial charge in [0.15, 0.2) is 5.78 Å². The predicted molar refractivity (Wildman–Crippen MR) is 165 cm³/mol. The van der Waals surface area contributed by atoms with Crippen LogP contribution in [0.15, 0.2) is 89.3 Å². The molecule has 1 unspecified atom stereocenters. The van der Waals surface area contributed by atoms with Gasteiger partial charge in [0.1, 0.15) is 5.78 Å². The van der Waals surface area contributed by atoms with Crippen LogP contribution in [0.3, 0.4) is 0 Å². The van der Waals surface area contributed by atoms with Crippen LogP contribution in [0.1, 0.15) is 56.8 Å². The lowest BCUT2D eigenvalue weighted by molar-refractivity contribution is -0.125. The summed E-state index contributed by atoms with van der Waals surface area (Å²) >= 11 is 12.6. The number of Topliss-reactive ketones (excluding diaryl/α,β-unsaturated/α-hetero) is 2. The number of aryl methyl sites for hydroxylation is 1. The topological polar surface area (TPSA) is 71.5 Å². The molecule has 0 N–H and O–H groups in total. The molecule has 0 saturated carbocycles. The third-order valence-electron chi connectivity index (χ3n) is 7.61. The van der Waals surface area contributed by atoms with Crippen molar-refractivity contribution in [2.75, 3.05) is 0 Å². The van der Waals surface area contributed by atoms with E-state index in [4.69, 9.17) is 23.2 Å². The SMILES string of the molecule is CC(=O)[C@@H](CC(=O)C1=C[C@@H](C(C)(C)C)N(S(=O)(=O)c2ccccc2C)C1c1ccc(Cl)c(Cl)c1)Cc1ccccc1. The van der Waals surface area contributed by atoms with E-state index in [9.17, 15) is 18.0 Å². The quantitative estimate of drug-likeness (QED) is 0.247. The van der Waals surface area contributed by atoms with E-state index in [1.54, 1.807) is 55.5 Å². The van der Waals surface area contributed by atoms with E-state index in [1.165, 1.54) is 11.2 Å². The molecular formula is C33H35Cl2NO4S. The summed E-state index contributed by atoms with van der Waals surface area (Å²) in [4.78, 5) is 27.0. The summed E-state index contributed by atoms with van der Waals surface area (Å²) in [5.74, 6) is -0.909. The lowest BCUT2D eigenvalue weighted by Crippen LogP contribution is -2.45. The van der Waals surface area contributed by atoms with Gasteiger partial charge in [-0.3, -0.25) is 9.59 Å². The highest BCUT2D eigenvalue weighted by molar-refractivity contribution is 7.89. The Morgan fingerprint density at radius 2 is 1.56 bits per heavy atom. The number of sulfonamides is 1. The second-order valence-corrected chi connectivity index (χ2v) is 14.4. The molecule has 1 heterocycles. The standard InChI is InChI=1S/C33H35Cl2NO4S/c1-21-11-9-10-14-30(21)41(39,40)36-31(33(3,4)5)20-26(32(36)24-15-16-27(34)28(35)18-24)29(38)19-25(22(2)37)17-23-12-7-6-8-13-23/h6-16,18,20,25,31-32H,17,19H2,1-5H3/t25-,31+,32?/m1/s1. The van der Waals surface area contributed by atoms with Gasteiger partial charge in [0.05, 0.1) is 21.0 Å². The number of carbonyl (C=O) groups excluding carboxylic acids is 2. The summed E-state index contributed by atoms with van der Waals surface area (Å²) in [7, 11) is -4.10. The van der Waals surface area contributed by atoms with Crippen LogP contribution in [-0.4, -0.2) is 30.3 Å². The lowest BCUT2D eigenvalue weighted by Gasteiger charge is -2.37. The summed E-state index contributed by atoms with van der Waals surface area (Å²) < 4.78 is 30.3. The predicted octanol–water partition coefficient (Wildman–Crippen LogP) is 7.80. The van der Waals surface area contributed by atoms with E-state index >= 15 is 0 Å². The van der Waals surface area contributed by atoms with Crippen molar-refractivity contribution >= 4 is 44.8 Å². The monoisotopic (exact) mass is 611 g/mol. The van der Waals surface area contributed by atoms with Gasteiger partial charge in [-0.25, -0.2) is 8.42 Å². The van der Waals surface area contributed by atoms with Crippen LogP contribution in [0.4, 0.5) is 0 Å². The lowest BCUT2D eigenvalue weighted by atomic mass is 9.85. The molecule has 8 heteroatoms. The normalized spacial score (nSPS) is 18.7. The number of halogens is 2. The molecule has 0 spiro atoms. The Kier molecular flexibility index (Phi) is 9.29. The minimum absolute atomic E-state index is 0.0387. The summed E-state index contributed by atoms with van der Waals surface area (Å²) in [6.45, 7) is 9.09. The molecule has 41 heavy (non-hydrogen) atoms. The minimum Gasteiger partial charge on any atom is -0.300 e. The Bertz CT molecular complexity index is 1590. The Balaban J connectivity index is 1.85. The zero-order chi connectivity index (χ0) is 30.1. The van der Waals surface area contributed by atoms with Gasteiger partial charge in [-0.05, 0) is 60.6 Å². The van der Waals surface area contributed by atoms with Gasteiger partial charge in [0.25, 0.3) is 0 Å². The minimum atomic E-state index is -4.10. The highest BCUT2D eigenvalue weighted by Gasteiger charge is 2.49. The highest BCUT2D eigenvalue weighted by atomic mass is 35.5. The third-order valence-corrected chi connectivity index (χ3v) is 10.4. The Morgan fingerprint density at radius 1 is 0.927 bits per heavy atom. The van der Waals surface area contributed by atoms with Crippen LogP contribution in [0.2, 0.25) is 10.0 Å². The molecule has 3 atom stereocenters. The van der Waals surface area contributed by atoms with E-state index < -0.39 is 33.4 Å². The first-order valence-electron chi connectivity index (χ1n) is 13.5. The van der Waals surface area contributed by atoms with Crippen molar-refractivity contribution in [2.45, 2.75) is 64.4 Å². The first-order chi connectivity index (χ1) is 19.2. The summed E-state index contributed by atoms with van der Waals surface area (Å²) in [5.41, 5.74) is 1.87. The fourth-order valence-electron chi connectivity index (χ4n) is 5.37. The van der Waals surface area contributed by atoms with Crippen molar-refractivity contribution < 1.29 is 18.0 Å². The third kappa shape index (κ3) is 6.67. The molecule has 1 aliphatic rings. The zero-order valence-electron chi connectivity index (χ0n) is 23.9. The maximum absolute atomic E-state index is 14.5.